The molecule has 0 aliphatic carbocycles. The van der Waals surface area contributed by atoms with Gasteiger partial charge in [-0.05, 0) is 12.0 Å². The van der Waals surface area contributed by atoms with E-state index >= 15 is 0 Å². The van der Waals surface area contributed by atoms with Crippen LogP contribution in [0.1, 0.15) is 31.7 Å². The molecule has 4 nitrogen and oxygen atoms in total. The van der Waals surface area contributed by atoms with Gasteiger partial charge in [0.05, 0.1) is 0 Å². The molecule has 1 fully saturated rings. The standard InChI is InChI=1S/C21H33N3O/c1-3-4-13-22(2)21(25)12-15-24-18-16-23(17-19-24)14-8-11-20-9-6-5-7-10-20/h5-11H,3-4,12-19H2,1-2H3/b11-8+. The van der Waals surface area contributed by atoms with Gasteiger partial charge in [0.2, 0.25) is 5.91 Å². The number of nitrogens with zero attached hydrogens (tertiary/aromatic N) is 3. The topological polar surface area (TPSA) is 26.8 Å². The monoisotopic (exact) mass is 343 g/mol. The first kappa shape index (κ1) is 19.7. The minimum absolute atomic E-state index is 0.279. The van der Waals surface area contributed by atoms with Crippen molar-refractivity contribution in [1.29, 1.82) is 0 Å². The van der Waals surface area contributed by atoms with Crippen molar-refractivity contribution >= 4 is 12.0 Å². The first-order chi connectivity index (χ1) is 12.2. The van der Waals surface area contributed by atoms with Crippen LogP contribution in [-0.4, -0.2) is 73.5 Å². The zero-order valence-electron chi connectivity index (χ0n) is 15.9. The molecule has 1 heterocycles. The highest BCUT2D eigenvalue weighted by molar-refractivity contribution is 5.76. The summed E-state index contributed by atoms with van der Waals surface area (Å²) in [6.07, 6.45) is 7.32. The van der Waals surface area contributed by atoms with Crippen LogP contribution in [0.3, 0.4) is 0 Å². The van der Waals surface area contributed by atoms with Crippen molar-refractivity contribution < 1.29 is 4.79 Å². The van der Waals surface area contributed by atoms with E-state index in [9.17, 15) is 4.79 Å². The van der Waals surface area contributed by atoms with Crippen LogP contribution in [0.15, 0.2) is 36.4 Å². The fourth-order valence-electron chi connectivity index (χ4n) is 3.06. The van der Waals surface area contributed by atoms with Gasteiger partial charge in [0.1, 0.15) is 0 Å². The van der Waals surface area contributed by atoms with E-state index in [2.05, 4.69) is 53.1 Å². The summed E-state index contributed by atoms with van der Waals surface area (Å²) in [4.78, 5) is 18.9. The molecule has 4 heteroatoms. The van der Waals surface area contributed by atoms with E-state index in [-0.39, 0.29) is 5.91 Å². The summed E-state index contributed by atoms with van der Waals surface area (Å²) < 4.78 is 0. The van der Waals surface area contributed by atoms with Crippen molar-refractivity contribution in [3.63, 3.8) is 0 Å². The first-order valence-electron chi connectivity index (χ1n) is 9.59. The maximum atomic E-state index is 12.1. The summed E-state index contributed by atoms with van der Waals surface area (Å²) in [7, 11) is 1.93. The molecule has 0 atom stereocenters. The fraction of sp³-hybridized carbons (Fsp3) is 0.571. The van der Waals surface area contributed by atoms with Crippen LogP contribution in [0, 0.1) is 0 Å². The van der Waals surface area contributed by atoms with E-state index in [1.165, 1.54) is 5.56 Å². The fourth-order valence-corrected chi connectivity index (χ4v) is 3.06. The zero-order valence-corrected chi connectivity index (χ0v) is 15.9. The Kier molecular flexibility index (Phi) is 8.70. The highest BCUT2D eigenvalue weighted by Crippen LogP contribution is 2.06. The molecule has 1 amide bonds. The molecule has 1 aliphatic rings. The number of amides is 1. The largest absolute Gasteiger partial charge is 0.346 e. The van der Waals surface area contributed by atoms with E-state index in [4.69, 9.17) is 0 Å². The molecule has 1 aromatic rings. The number of carbonyl (C=O) groups excluding carboxylic acids is 1. The number of benzene rings is 1. The first-order valence-corrected chi connectivity index (χ1v) is 9.59. The van der Waals surface area contributed by atoms with Crippen molar-refractivity contribution in [2.24, 2.45) is 0 Å². The van der Waals surface area contributed by atoms with Gasteiger partial charge in [-0.1, -0.05) is 55.8 Å². The molecule has 0 unspecified atom stereocenters. The maximum Gasteiger partial charge on any atom is 0.223 e. The van der Waals surface area contributed by atoms with Gasteiger partial charge in [-0.25, -0.2) is 0 Å². The van der Waals surface area contributed by atoms with Gasteiger partial charge in [-0.3, -0.25) is 9.69 Å². The lowest BCUT2D eigenvalue weighted by Gasteiger charge is -2.34. The second-order valence-corrected chi connectivity index (χ2v) is 6.87. The van der Waals surface area contributed by atoms with Crippen molar-refractivity contribution in [2.75, 3.05) is 52.9 Å². The molecule has 2 rings (SSSR count). The van der Waals surface area contributed by atoms with Crippen LogP contribution in [0.2, 0.25) is 0 Å². The van der Waals surface area contributed by atoms with Gasteiger partial charge < -0.3 is 9.80 Å². The van der Waals surface area contributed by atoms with Gasteiger partial charge >= 0.3 is 0 Å². The van der Waals surface area contributed by atoms with E-state index in [1.54, 1.807) is 0 Å². The number of carbonyl (C=O) groups is 1. The number of hydrogen-bond donors (Lipinski definition) is 0. The normalized spacial score (nSPS) is 16.4. The molecule has 0 aromatic heterocycles. The van der Waals surface area contributed by atoms with E-state index in [1.807, 2.05) is 18.0 Å². The molecule has 0 bridgehead atoms. The summed E-state index contributed by atoms with van der Waals surface area (Å²) in [6.45, 7) is 9.22. The zero-order chi connectivity index (χ0) is 17.9. The third kappa shape index (κ3) is 7.41. The lowest BCUT2D eigenvalue weighted by Crippen LogP contribution is -2.47. The Morgan fingerprint density at radius 2 is 1.80 bits per heavy atom. The Balaban J connectivity index is 1.61. The van der Waals surface area contributed by atoms with E-state index in [0.717, 1.165) is 58.7 Å². The van der Waals surface area contributed by atoms with Crippen LogP contribution in [-0.2, 0) is 4.79 Å². The quantitative estimate of drug-likeness (QED) is 0.690. The third-order valence-electron chi connectivity index (χ3n) is 4.85. The lowest BCUT2D eigenvalue weighted by molar-refractivity contribution is -0.130. The van der Waals surface area contributed by atoms with Crippen LogP contribution in [0.25, 0.3) is 6.08 Å². The molecule has 0 spiro atoms. The van der Waals surface area contributed by atoms with E-state index < -0.39 is 0 Å². The molecule has 1 saturated heterocycles. The molecule has 0 N–H and O–H groups in total. The average molecular weight is 344 g/mol. The SMILES string of the molecule is CCCCN(C)C(=O)CCN1CCN(C/C=C/c2ccccc2)CC1. The Labute approximate surface area is 153 Å². The molecule has 0 saturated carbocycles. The average Bonchev–Trinajstić information content (AvgIpc) is 2.66. The van der Waals surface area contributed by atoms with Gasteiger partial charge in [-0.2, -0.15) is 0 Å². The highest BCUT2D eigenvalue weighted by Gasteiger charge is 2.17. The van der Waals surface area contributed by atoms with Crippen LogP contribution in [0.4, 0.5) is 0 Å². The Morgan fingerprint density at radius 3 is 2.48 bits per heavy atom. The van der Waals surface area contributed by atoms with Crippen molar-refractivity contribution in [2.45, 2.75) is 26.2 Å². The number of piperazine rings is 1. The molecule has 0 radical (unpaired) electrons. The smallest absolute Gasteiger partial charge is 0.223 e. The minimum Gasteiger partial charge on any atom is -0.346 e. The van der Waals surface area contributed by atoms with Gasteiger partial charge in [0.25, 0.3) is 0 Å². The van der Waals surface area contributed by atoms with Crippen molar-refractivity contribution in [3.8, 4) is 0 Å². The Morgan fingerprint density at radius 1 is 1.12 bits per heavy atom. The van der Waals surface area contributed by atoms with Crippen molar-refractivity contribution in [1.82, 2.24) is 14.7 Å². The van der Waals surface area contributed by atoms with Crippen LogP contribution >= 0.6 is 0 Å². The Bertz CT molecular complexity index is 521. The Hall–Kier alpha value is -1.65. The summed E-state index contributed by atoms with van der Waals surface area (Å²) >= 11 is 0. The van der Waals surface area contributed by atoms with Crippen LogP contribution in [0.5, 0.6) is 0 Å². The van der Waals surface area contributed by atoms with Gasteiger partial charge in [-0.15, -0.1) is 0 Å². The van der Waals surface area contributed by atoms with E-state index in [0.29, 0.717) is 6.42 Å². The lowest BCUT2D eigenvalue weighted by atomic mass is 10.2. The molecule has 25 heavy (non-hydrogen) atoms. The molecular formula is C21H33N3O. The third-order valence-corrected chi connectivity index (χ3v) is 4.85. The summed E-state index contributed by atoms with van der Waals surface area (Å²) in [5.41, 5.74) is 1.26. The molecule has 1 aliphatic heterocycles. The molecule has 1 aromatic carbocycles. The predicted molar refractivity (Wildman–Crippen MR) is 106 cm³/mol. The second kappa shape index (κ2) is 11.1. The maximum absolute atomic E-state index is 12.1. The number of hydrogen-bond acceptors (Lipinski definition) is 3. The predicted octanol–water partition coefficient (Wildman–Crippen LogP) is 2.97. The second-order valence-electron chi connectivity index (χ2n) is 6.87. The molecular weight excluding hydrogens is 310 g/mol. The minimum atomic E-state index is 0.279. The highest BCUT2D eigenvalue weighted by atomic mass is 16.2. The van der Waals surface area contributed by atoms with Crippen LogP contribution < -0.4 is 0 Å². The summed E-state index contributed by atoms with van der Waals surface area (Å²) in [6, 6.07) is 10.4. The number of rotatable bonds is 9. The summed E-state index contributed by atoms with van der Waals surface area (Å²) in [5, 5.41) is 0. The molecule has 138 valence electrons. The van der Waals surface area contributed by atoms with Gasteiger partial charge in [0, 0.05) is 59.3 Å². The van der Waals surface area contributed by atoms with Gasteiger partial charge in [0.15, 0.2) is 0 Å². The summed E-state index contributed by atoms with van der Waals surface area (Å²) in [5.74, 6) is 0.279. The number of unbranched alkanes of at least 4 members (excludes halogenated alkanes) is 1. The van der Waals surface area contributed by atoms with Crippen molar-refractivity contribution in [3.05, 3.63) is 42.0 Å².